The van der Waals surface area contributed by atoms with E-state index in [1.807, 2.05) is 30.3 Å². The second kappa shape index (κ2) is 9.58. The number of halogens is 1. The van der Waals surface area contributed by atoms with Crippen LogP contribution in [0.5, 0.6) is 17.2 Å². The zero-order chi connectivity index (χ0) is 22.5. The Morgan fingerprint density at radius 3 is 2.50 bits per heavy atom. The van der Waals surface area contributed by atoms with Crippen molar-refractivity contribution in [2.45, 2.75) is 6.04 Å². The lowest BCUT2D eigenvalue weighted by Gasteiger charge is -2.22. The molecule has 0 bridgehead atoms. The van der Waals surface area contributed by atoms with Gasteiger partial charge in [-0.25, -0.2) is 0 Å². The van der Waals surface area contributed by atoms with E-state index in [2.05, 4.69) is 10.3 Å². The standard InChI is InChI=1S/C25H21ClN2O4/c1-31-17-9-11-18(12-10-17)32-15-22(29)28-23(16-6-3-2-4-7-16)20-14-21(26)19-8-5-13-27-24(19)25(20)30/h2-14,23,30H,15H2,1H3,(H,28,29). The molecule has 1 unspecified atom stereocenters. The van der Waals surface area contributed by atoms with E-state index >= 15 is 0 Å². The number of phenols is 1. The Balaban J connectivity index is 1.61. The maximum atomic E-state index is 12.8. The molecule has 0 radical (unpaired) electrons. The molecule has 0 fully saturated rings. The van der Waals surface area contributed by atoms with Gasteiger partial charge >= 0.3 is 0 Å². The molecule has 4 rings (SSSR count). The van der Waals surface area contributed by atoms with Crippen LogP contribution in [0.1, 0.15) is 17.2 Å². The number of carbonyl (C=O) groups excluding carboxylic acids is 1. The molecule has 7 heteroatoms. The Hall–Kier alpha value is -3.77. The van der Waals surface area contributed by atoms with Gasteiger partial charge in [-0.15, -0.1) is 0 Å². The van der Waals surface area contributed by atoms with E-state index in [-0.39, 0.29) is 18.3 Å². The fourth-order valence-corrected chi connectivity index (χ4v) is 3.71. The molecule has 0 spiro atoms. The number of nitrogens with one attached hydrogen (secondary N) is 1. The summed E-state index contributed by atoms with van der Waals surface area (Å²) >= 11 is 6.47. The summed E-state index contributed by atoms with van der Waals surface area (Å²) in [7, 11) is 1.58. The Labute approximate surface area is 190 Å². The number of aromatic nitrogens is 1. The molecule has 0 aliphatic heterocycles. The van der Waals surface area contributed by atoms with Crippen molar-refractivity contribution in [3.63, 3.8) is 0 Å². The molecule has 1 amide bonds. The minimum absolute atomic E-state index is 0.0322. The second-order valence-corrected chi connectivity index (χ2v) is 7.48. The number of aromatic hydroxyl groups is 1. The summed E-state index contributed by atoms with van der Waals surface area (Å²) in [5, 5.41) is 15.0. The Morgan fingerprint density at radius 1 is 1.06 bits per heavy atom. The van der Waals surface area contributed by atoms with Crippen LogP contribution in [-0.2, 0) is 4.79 Å². The Bertz CT molecular complexity index is 1230. The molecule has 1 aromatic heterocycles. The molecule has 0 aliphatic carbocycles. The number of benzene rings is 3. The van der Waals surface area contributed by atoms with Gasteiger partial charge in [0.05, 0.1) is 18.2 Å². The van der Waals surface area contributed by atoms with Crippen LogP contribution in [0.15, 0.2) is 79.0 Å². The molecule has 0 saturated heterocycles. The summed E-state index contributed by atoms with van der Waals surface area (Å²) in [6, 6.07) is 20.8. The highest BCUT2D eigenvalue weighted by atomic mass is 35.5. The SMILES string of the molecule is COc1ccc(OCC(=O)NC(c2ccccc2)c2cc(Cl)c3cccnc3c2O)cc1. The van der Waals surface area contributed by atoms with Crippen LogP contribution in [0, 0.1) is 0 Å². The highest BCUT2D eigenvalue weighted by Crippen LogP contribution is 2.38. The number of amides is 1. The minimum Gasteiger partial charge on any atom is -0.505 e. The van der Waals surface area contributed by atoms with Crippen molar-refractivity contribution in [3.05, 3.63) is 95.1 Å². The fourth-order valence-electron chi connectivity index (χ4n) is 3.44. The molecule has 0 aliphatic rings. The van der Waals surface area contributed by atoms with E-state index in [4.69, 9.17) is 21.1 Å². The number of methoxy groups -OCH3 is 1. The van der Waals surface area contributed by atoms with Crippen LogP contribution in [0.4, 0.5) is 0 Å². The molecular formula is C25H21ClN2O4. The summed E-state index contributed by atoms with van der Waals surface area (Å²) in [6.07, 6.45) is 1.58. The third kappa shape index (κ3) is 4.60. The van der Waals surface area contributed by atoms with Crippen molar-refractivity contribution >= 4 is 28.4 Å². The largest absolute Gasteiger partial charge is 0.505 e. The smallest absolute Gasteiger partial charge is 0.258 e. The topological polar surface area (TPSA) is 80.7 Å². The number of carbonyl (C=O) groups is 1. The third-order valence-corrected chi connectivity index (χ3v) is 5.34. The van der Waals surface area contributed by atoms with Crippen LogP contribution in [0.3, 0.4) is 0 Å². The Morgan fingerprint density at radius 2 is 1.78 bits per heavy atom. The molecule has 4 aromatic rings. The summed E-state index contributed by atoms with van der Waals surface area (Å²) < 4.78 is 10.7. The highest BCUT2D eigenvalue weighted by molar-refractivity contribution is 6.35. The predicted octanol–water partition coefficient (Wildman–Crippen LogP) is 4.89. The first-order valence-electron chi connectivity index (χ1n) is 9.94. The van der Waals surface area contributed by atoms with Crippen LogP contribution in [0.25, 0.3) is 10.9 Å². The van der Waals surface area contributed by atoms with Crippen molar-refractivity contribution in [3.8, 4) is 17.2 Å². The maximum Gasteiger partial charge on any atom is 0.258 e. The number of ether oxygens (including phenoxy) is 2. The normalized spacial score (nSPS) is 11.7. The number of nitrogens with zero attached hydrogens (tertiary/aromatic N) is 1. The molecule has 6 nitrogen and oxygen atoms in total. The zero-order valence-corrected chi connectivity index (χ0v) is 18.0. The van der Waals surface area contributed by atoms with Gasteiger partial charge in [0.2, 0.25) is 0 Å². The Kier molecular flexibility index (Phi) is 6.42. The first kappa shape index (κ1) is 21.5. The van der Waals surface area contributed by atoms with Gasteiger partial charge in [0.1, 0.15) is 22.8 Å². The van der Waals surface area contributed by atoms with Crippen molar-refractivity contribution < 1.29 is 19.4 Å². The van der Waals surface area contributed by atoms with Crippen molar-refractivity contribution in [1.29, 1.82) is 0 Å². The van der Waals surface area contributed by atoms with Gasteiger partial charge in [-0.05, 0) is 48.0 Å². The van der Waals surface area contributed by atoms with Gasteiger partial charge in [0.25, 0.3) is 5.91 Å². The molecule has 32 heavy (non-hydrogen) atoms. The van der Waals surface area contributed by atoms with Gasteiger partial charge < -0.3 is 19.9 Å². The predicted molar refractivity (Wildman–Crippen MR) is 123 cm³/mol. The van der Waals surface area contributed by atoms with Crippen LogP contribution in [-0.4, -0.2) is 29.7 Å². The van der Waals surface area contributed by atoms with E-state index in [0.717, 1.165) is 5.56 Å². The second-order valence-electron chi connectivity index (χ2n) is 7.07. The van der Waals surface area contributed by atoms with Gasteiger partial charge in [-0.2, -0.15) is 0 Å². The molecular weight excluding hydrogens is 428 g/mol. The van der Waals surface area contributed by atoms with Crippen molar-refractivity contribution in [2.24, 2.45) is 0 Å². The van der Waals surface area contributed by atoms with E-state index in [1.165, 1.54) is 0 Å². The zero-order valence-electron chi connectivity index (χ0n) is 17.3. The van der Waals surface area contributed by atoms with Gasteiger partial charge in [0, 0.05) is 17.1 Å². The quantitative estimate of drug-likeness (QED) is 0.421. The first-order chi connectivity index (χ1) is 15.6. The average molecular weight is 449 g/mol. The summed E-state index contributed by atoms with van der Waals surface area (Å²) in [5.74, 6) is 0.850. The van der Waals surface area contributed by atoms with E-state index in [9.17, 15) is 9.90 Å². The van der Waals surface area contributed by atoms with Crippen molar-refractivity contribution in [2.75, 3.05) is 13.7 Å². The number of hydrogen-bond acceptors (Lipinski definition) is 5. The molecule has 0 saturated carbocycles. The minimum atomic E-state index is -0.646. The molecule has 162 valence electrons. The molecule has 2 N–H and O–H groups in total. The lowest BCUT2D eigenvalue weighted by Crippen LogP contribution is -2.33. The van der Waals surface area contributed by atoms with Crippen LogP contribution >= 0.6 is 11.6 Å². The number of hydrogen-bond donors (Lipinski definition) is 2. The van der Waals surface area contributed by atoms with Gasteiger partial charge in [-0.1, -0.05) is 41.9 Å². The van der Waals surface area contributed by atoms with Crippen LogP contribution in [0.2, 0.25) is 5.02 Å². The number of phenolic OH excluding ortho intramolecular Hbond substituents is 1. The van der Waals surface area contributed by atoms with E-state index in [1.54, 1.807) is 55.8 Å². The number of fused-ring (bicyclic) bond motifs is 1. The summed E-state index contributed by atoms with van der Waals surface area (Å²) in [6.45, 7) is -0.198. The third-order valence-electron chi connectivity index (χ3n) is 5.02. The lowest BCUT2D eigenvalue weighted by molar-refractivity contribution is -0.123. The van der Waals surface area contributed by atoms with Gasteiger partial charge in [0.15, 0.2) is 6.61 Å². The maximum absolute atomic E-state index is 12.8. The average Bonchev–Trinajstić information content (AvgIpc) is 2.84. The first-order valence-corrected chi connectivity index (χ1v) is 10.3. The highest BCUT2D eigenvalue weighted by Gasteiger charge is 2.23. The number of rotatable bonds is 7. The van der Waals surface area contributed by atoms with E-state index < -0.39 is 6.04 Å². The fraction of sp³-hybridized carbons (Fsp3) is 0.120. The lowest BCUT2D eigenvalue weighted by atomic mass is 9.96. The van der Waals surface area contributed by atoms with E-state index in [0.29, 0.717) is 33.0 Å². The molecule has 1 heterocycles. The number of pyridine rings is 1. The molecule has 3 aromatic carbocycles. The summed E-state index contributed by atoms with van der Waals surface area (Å²) in [5.41, 5.74) is 1.61. The van der Waals surface area contributed by atoms with Crippen LogP contribution < -0.4 is 14.8 Å². The van der Waals surface area contributed by atoms with Crippen molar-refractivity contribution in [1.82, 2.24) is 10.3 Å². The molecule has 1 atom stereocenters. The van der Waals surface area contributed by atoms with Gasteiger partial charge in [-0.3, -0.25) is 9.78 Å². The summed E-state index contributed by atoms with van der Waals surface area (Å²) in [4.78, 5) is 17.0. The monoisotopic (exact) mass is 448 g/mol.